The Balaban J connectivity index is 1.32. The number of aromatic nitrogens is 3. The second kappa shape index (κ2) is 12.5. The molecule has 1 spiro atoms. The van der Waals surface area contributed by atoms with E-state index >= 15 is 0 Å². The molecule has 248 valence electrons. The molecule has 2 amide bonds. The summed E-state index contributed by atoms with van der Waals surface area (Å²) in [6.07, 6.45) is 3.13. The highest BCUT2D eigenvalue weighted by Crippen LogP contribution is 2.61. The summed E-state index contributed by atoms with van der Waals surface area (Å²) in [6, 6.07) is 24.9. The van der Waals surface area contributed by atoms with E-state index in [9.17, 15) is 19.5 Å². The standard InChI is InChI=1S/C36H40N6O5Si/c1-24-34(48(2,3)46)32(18-20-40-23-26(19-21-43)37-39-40)47-36(24)29-22-28(14-16-31(29)41(35(36)45)27-12-8-5-9-13-27)42-33(44)17-15-30(38-42)25-10-6-4-7-11-25/h4-14,16,22-24,32,34,43,46H,15,17-21H2,1-3H3/t24-,32+,34-,36+/m0/s1. The predicted molar refractivity (Wildman–Crippen MR) is 184 cm³/mol. The van der Waals surface area contributed by atoms with Crippen molar-refractivity contribution in [1.29, 1.82) is 0 Å². The van der Waals surface area contributed by atoms with Gasteiger partial charge in [0.1, 0.15) is 0 Å². The van der Waals surface area contributed by atoms with Gasteiger partial charge in [-0.2, -0.15) is 5.10 Å². The number of anilines is 3. The molecule has 0 radical (unpaired) electrons. The van der Waals surface area contributed by atoms with Crippen LogP contribution in [0.3, 0.4) is 0 Å². The van der Waals surface area contributed by atoms with E-state index in [1.807, 2.05) is 98.9 Å². The molecule has 3 aromatic carbocycles. The van der Waals surface area contributed by atoms with E-state index in [0.717, 1.165) is 11.3 Å². The molecule has 0 saturated carbocycles. The number of nitrogens with zero attached hydrogens (tertiary/aromatic N) is 6. The number of amides is 2. The fourth-order valence-electron chi connectivity index (χ4n) is 7.75. The molecule has 0 unspecified atom stereocenters. The number of para-hydroxylation sites is 1. The van der Waals surface area contributed by atoms with Gasteiger partial charge in [-0.1, -0.05) is 60.7 Å². The van der Waals surface area contributed by atoms with Crippen molar-refractivity contribution >= 4 is 42.9 Å². The van der Waals surface area contributed by atoms with Crippen LogP contribution in [0.25, 0.3) is 0 Å². The lowest BCUT2D eigenvalue weighted by atomic mass is 9.82. The molecule has 1 aromatic heterocycles. The van der Waals surface area contributed by atoms with Crippen LogP contribution in [0.2, 0.25) is 18.6 Å². The van der Waals surface area contributed by atoms with E-state index in [0.29, 0.717) is 60.5 Å². The summed E-state index contributed by atoms with van der Waals surface area (Å²) in [4.78, 5) is 41.7. The van der Waals surface area contributed by atoms with Crippen LogP contribution in [0.4, 0.5) is 17.1 Å². The lowest BCUT2D eigenvalue weighted by Gasteiger charge is -2.32. The van der Waals surface area contributed by atoms with E-state index in [-0.39, 0.29) is 29.9 Å². The summed E-state index contributed by atoms with van der Waals surface area (Å²) in [5.41, 5.74) is 3.40. The third-order valence-corrected chi connectivity index (χ3v) is 12.4. The van der Waals surface area contributed by atoms with Crippen molar-refractivity contribution < 1.29 is 24.2 Å². The van der Waals surface area contributed by atoms with E-state index in [4.69, 9.17) is 9.84 Å². The number of aliphatic hydroxyl groups excluding tert-OH is 1. The van der Waals surface area contributed by atoms with Crippen molar-refractivity contribution in [2.75, 3.05) is 16.5 Å². The van der Waals surface area contributed by atoms with Crippen molar-refractivity contribution in [3.05, 3.63) is 102 Å². The van der Waals surface area contributed by atoms with E-state index in [1.165, 1.54) is 5.01 Å². The van der Waals surface area contributed by atoms with E-state index in [2.05, 4.69) is 10.3 Å². The molecule has 4 heterocycles. The van der Waals surface area contributed by atoms with Gasteiger partial charge in [0.25, 0.3) is 5.91 Å². The van der Waals surface area contributed by atoms with Crippen LogP contribution in [0.1, 0.15) is 43.0 Å². The highest BCUT2D eigenvalue weighted by atomic mass is 28.4. The van der Waals surface area contributed by atoms with Gasteiger partial charge in [-0.25, -0.2) is 5.01 Å². The van der Waals surface area contributed by atoms with Gasteiger partial charge in [0.05, 0.1) is 28.9 Å². The average molecular weight is 665 g/mol. The molecule has 4 aromatic rings. The zero-order valence-electron chi connectivity index (χ0n) is 27.4. The normalized spacial score (nSPS) is 24.0. The molecular formula is C36H40N6O5Si. The summed E-state index contributed by atoms with van der Waals surface area (Å²) >= 11 is 0. The molecule has 3 aliphatic rings. The Kier molecular flexibility index (Phi) is 8.36. The summed E-state index contributed by atoms with van der Waals surface area (Å²) in [7, 11) is -2.91. The molecule has 12 heteroatoms. The topological polar surface area (TPSA) is 133 Å². The number of ether oxygens (including phenoxy) is 1. The van der Waals surface area contributed by atoms with Crippen LogP contribution in [-0.4, -0.2) is 63.5 Å². The Morgan fingerprint density at radius 3 is 2.42 bits per heavy atom. The van der Waals surface area contributed by atoms with Crippen molar-refractivity contribution in [3.8, 4) is 0 Å². The molecular weight excluding hydrogens is 625 g/mol. The summed E-state index contributed by atoms with van der Waals surface area (Å²) in [6.45, 7) is 6.26. The molecule has 3 aliphatic heterocycles. The fourth-order valence-corrected chi connectivity index (χ4v) is 10.4. The van der Waals surface area contributed by atoms with Gasteiger partial charge in [0.2, 0.25) is 5.91 Å². The van der Waals surface area contributed by atoms with Crippen LogP contribution >= 0.6 is 0 Å². The van der Waals surface area contributed by atoms with Gasteiger partial charge < -0.3 is 14.6 Å². The molecule has 11 nitrogen and oxygen atoms in total. The Hall–Kier alpha value is -4.49. The Morgan fingerprint density at radius 2 is 1.71 bits per heavy atom. The van der Waals surface area contributed by atoms with Crippen molar-refractivity contribution in [2.24, 2.45) is 11.0 Å². The minimum atomic E-state index is -2.91. The molecule has 4 atom stereocenters. The number of hydrogen-bond acceptors (Lipinski definition) is 8. The third kappa shape index (κ3) is 5.48. The summed E-state index contributed by atoms with van der Waals surface area (Å²) in [5, 5.41) is 23.9. The largest absolute Gasteiger partial charge is 0.432 e. The van der Waals surface area contributed by atoms with Gasteiger partial charge in [-0.05, 0) is 55.4 Å². The number of carbonyl (C=O) groups excluding carboxylic acids is 2. The lowest BCUT2D eigenvalue weighted by molar-refractivity contribution is -0.145. The fraction of sp³-hybridized carbons (Fsp3) is 0.361. The van der Waals surface area contributed by atoms with Gasteiger partial charge >= 0.3 is 0 Å². The van der Waals surface area contributed by atoms with Crippen molar-refractivity contribution in [2.45, 2.75) is 69.5 Å². The first-order valence-corrected chi connectivity index (χ1v) is 19.5. The number of aryl methyl sites for hydroxylation is 1. The number of rotatable bonds is 9. The lowest BCUT2D eigenvalue weighted by Crippen LogP contribution is -2.45. The maximum absolute atomic E-state index is 14.9. The van der Waals surface area contributed by atoms with Crippen LogP contribution < -0.4 is 9.91 Å². The molecule has 0 aliphatic carbocycles. The molecule has 1 fully saturated rings. The first-order chi connectivity index (χ1) is 23.1. The monoisotopic (exact) mass is 664 g/mol. The quantitative estimate of drug-likeness (QED) is 0.243. The molecule has 48 heavy (non-hydrogen) atoms. The highest BCUT2D eigenvalue weighted by Gasteiger charge is 2.66. The minimum Gasteiger partial charge on any atom is -0.432 e. The number of aliphatic hydroxyl groups is 1. The number of hydrogen-bond donors (Lipinski definition) is 2. The average Bonchev–Trinajstić information content (AvgIpc) is 3.73. The number of carbonyl (C=O) groups is 2. The van der Waals surface area contributed by atoms with Gasteiger partial charge in [0, 0.05) is 61.3 Å². The Morgan fingerprint density at radius 1 is 0.979 bits per heavy atom. The van der Waals surface area contributed by atoms with Gasteiger partial charge in [0.15, 0.2) is 13.9 Å². The van der Waals surface area contributed by atoms with Crippen molar-refractivity contribution in [1.82, 2.24) is 15.0 Å². The Bertz CT molecular complexity index is 1860. The van der Waals surface area contributed by atoms with E-state index < -0.39 is 20.0 Å². The second-order valence-electron chi connectivity index (χ2n) is 13.4. The first-order valence-electron chi connectivity index (χ1n) is 16.5. The SMILES string of the molecule is C[C@H]1[C@H]([Si](C)(C)O)[C@@H](CCn2cc(CCO)nn2)O[C@]12C(=O)N(c1ccccc1)c1ccc(N3N=C(c4ccccc4)CCC3=O)cc12. The first kappa shape index (κ1) is 32.1. The van der Waals surface area contributed by atoms with Crippen LogP contribution in [0.15, 0.2) is 90.2 Å². The molecule has 0 bridgehead atoms. The molecule has 2 N–H and O–H groups in total. The zero-order valence-corrected chi connectivity index (χ0v) is 28.4. The van der Waals surface area contributed by atoms with Gasteiger partial charge in [-0.15, -0.1) is 5.10 Å². The summed E-state index contributed by atoms with van der Waals surface area (Å²) in [5.74, 6) is -0.726. The number of benzene rings is 3. The summed E-state index contributed by atoms with van der Waals surface area (Å²) < 4.78 is 8.75. The number of fused-ring (bicyclic) bond motifs is 2. The van der Waals surface area contributed by atoms with Gasteiger partial charge in [-0.3, -0.25) is 19.2 Å². The van der Waals surface area contributed by atoms with Crippen molar-refractivity contribution in [3.63, 3.8) is 0 Å². The minimum absolute atomic E-state index is 0.0137. The van der Waals surface area contributed by atoms with Crippen LogP contribution in [0, 0.1) is 5.92 Å². The van der Waals surface area contributed by atoms with Crippen LogP contribution in [-0.2, 0) is 32.9 Å². The predicted octanol–water partition coefficient (Wildman–Crippen LogP) is 4.91. The maximum Gasteiger partial charge on any atom is 0.268 e. The third-order valence-electron chi connectivity index (χ3n) is 9.87. The smallest absolute Gasteiger partial charge is 0.268 e. The van der Waals surface area contributed by atoms with Crippen LogP contribution in [0.5, 0.6) is 0 Å². The number of hydrazone groups is 1. The van der Waals surface area contributed by atoms with E-state index in [1.54, 1.807) is 15.8 Å². The highest BCUT2D eigenvalue weighted by molar-refractivity contribution is 6.71. The molecule has 1 saturated heterocycles. The molecule has 7 rings (SSSR count). The zero-order chi connectivity index (χ0) is 33.6. The second-order valence-corrected chi connectivity index (χ2v) is 17.4. The Labute approximate surface area is 280 Å². The maximum atomic E-state index is 14.9.